The molecule has 8 nitrogen and oxygen atoms in total. The summed E-state index contributed by atoms with van der Waals surface area (Å²) in [5.41, 5.74) is 0.258. The Bertz CT molecular complexity index is 1510. The van der Waals surface area contributed by atoms with Crippen LogP contribution in [0.4, 0.5) is 13.2 Å². The molecular formula is C32H33F3N2O6. The van der Waals surface area contributed by atoms with Crippen molar-refractivity contribution in [1.82, 2.24) is 9.80 Å². The predicted molar refractivity (Wildman–Crippen MR) is 151 cm³/mol. The molecule has 2 heterocycles. The Morgan fingerprint density at radius 1 is 1.26 bits per heavy atom. The number of benzene rings is 2. The van der Waals surface area contributed by atoms with Crippen molar-refractivity contribution in [2.45, 2.75) is 68.2 Å². The minimum absolute atomic E-state index is 0.184. The minimum Gasteiger partial charge on any atom is -0.483 e. The molecule has 4 aliphatic rings. The van der Waals surface area contributed by atoms with Gasteiger partial charge in [0.25, 0.3) is 0 Å². The van der Waals surface area contributed by atoms with Gasteiger partial charge >= 0.3 is 12.3 Å². The van der Waals surface area contributed by atoms with Gasteiger partial charge in [-0.15, -0.1) is 19.8 Å². The number of hydrogen-bond donors (Lipinski definition) is 1. The van der Waals surface area contributed by atoms with Crippen LogP contribution in [0, 0.1) is 0 Å². The second kappa shape index (κ2) is 10.4. The van der Waals surface area contributed by atoms with Crippen molar-refractivity contribution in [2.75, 3.05) is 20.1 Å². The zero-order valence-corrected chi connectivity index (χ0v) is 23.9. The Morgan fingerprint density at radius 2 is 2.05 bits per heavy atom. The molecule has 0 unspecified atom stereocenters. The summed E-state index contributed by atoms with van der Waals surface area (Å²) in [5, 5.41) is 12.6. The summed E-state index contributed by atoms with van der Waals surface area (Å²) < 4.78 is 54.2. The molecule has 1 N–H and O–H groups in total. The minimum atomic E-state index is -4.82. The Hall–Kier alpha value is -3.83. The summed E-state index contributed by atoms with van der Waals surface area (Å²) in [7, 11) is 1.66. The van der Waals surface area contributed by atoms with Crippen molar-refractivity contribution in [2.24, 2.45) is 0 Å². The number of aliphatic hydroxyl groups is 1. The van der Waals surface area contributed by atoms with E-state index in [9.17, 15) is 27.9 Å². The molecule has 43 heavy (non-hydrogen) atoms. The smallest absolute Gasteiger partial charge is 0.483 e. The number of hydrogen-bond acceptors (Lipinski definition) is 7. The molecule has 2 aliphatic heterocycles. The summed E-state index contributed by atoms with van der Waals surface area (Å²) >= 11 is 0. The van der Waals surface area contributed by atoms with E-state index < -0.39 is 35.5 Å². The molecule has 2 aliphatic carbocycles. The predicted octanol–water partition coefficient (Wildman–Crippen LogP) is 4.39. The molecule has 2 fully saturated rings. The quantitative estimate of drug-likeness (QED) is 0.219. The van der Waals surface area contributed by atoms with Crippen LogP contribution < -0.4 is 14.2 Å². The molecule has 5 atom stereocenters. The molecule has 2 aromatic rings. The van der Waals surface area contributed by atoms with Gasteiger partial charge in [-0.3, -0.25) is 14.5 Å². The third-order valence-corrected chi connectivity index (χ3v) is 9.50. The van der Waals surface area contributed by atoms with Crippen molar-refractivity contribution in [3.8, 4) is 17.2 Å². The number of nitrogens with zero attached hydrogens (tertiary/aromatic N) is 2. The Labute approximate surface area is 247 Å². The van der Waals surface area contributed by atoms with Gasteiger partial charge in [-0.05, 0) is 67.6 Å². The Morgan fingerprint density at radius 3 is 2.77 bits per heavy atom. The second-order valence-corrected chi connectivity index (χ2v) is 11.7. The topological polar surface area (TPSA) is 88.5 Å². The molecule has 1 saturated carbocycles. The van der Waals surface area contributed by atoms with Crippen LogP contribution in [0.2, 0.25) is 0 Å². The average Bonchev–Trinajstić information content (AvgIpc) is 3.29. The molecule has 0 aromatic heterocycles. The highest BCUT2D eigenvalue weighted by atomic mass is 19.4. The molecular weight excluding hydrogens is 565 g/mol. The van der Waals surface area contributed by atoms with Crippen LogP contribution in [0.3, 0.4) is 0 Å². The fourth-order valence-electron chi connectivity index (χ4n) is 7.87. The number of carbonyl (C=O) groups is 2. The number of esters is 1. The molecule has 0 radical (unpaired) electrons. The van der Waals surface area contributed by atoms with E-state index in [1.54, 1.807) is 24.1 Å². The van der Waals surface area contributed by atoms with E-state index in [4.69, 9.17) is 9.47 Å². The van der Waals surface area contributed by atoms with Crippen molar-refractivity contribution in [3.63, 3.8) is 0 Å². The second-order valence-electron chi connectivity index (χ2n) is 11.7. The third-order valence-electron chi connectivity index (χ3n) is 9.50. The lowest BCUT2D eigenvalue weighted by Crippen LogP contribution is -2.78. The number of carbonyl (C=O) groups excluding carboxylic acids is 2. The molecule has 6 rings (SSSR count). The van der Waals surface area contributed by atoms with Crippen LogP contribution in [0.15, 0.2) is 55.1 Å². The Kier molecular flexibility index (Phi) is 7.08. The van der Waals surface area contributed by atoms with Gasteiger partial charge in [0.15, 0.2) is 11.5 Å². The maximum absolute atomic E-state index is 13.5. The van der Waals surface area contributed by atoms with E-state index in [0.29, 0.717) is 50.1 Å². The van der Waals surface area contributed by atoms with Crippen molar-refractivity contribution in [3.05, 3.63) is 71.8 Å². The van der Waals surface area contributed by atoms with Gasteiger partial charge in [0.05, 0.1) is 17.1 Å². The fourth-order valence-corrected chi connectivity index (χ4v) is 7.87. The molecule has 1 saturated heterocycles. The van der Waals surface area contributed by atoms with E-state index >= 15 is 0 Å². The lowest BCUT2D eigenvalue weighted by Gasteiger charge is -2.64. The zero-order chi connectivity index (χ0) is 30.7. The summed E-state index contributed by atoms with van der Waals surface area (Å²) in [6.45, 7) is 6.54. The highest BCUT2D eigenvalue weighted by Gasteiger charge is 2.73. The van der Waals surface area contributed by atoms with Crippen LogP contribution in [-0.4, -0.2) is 77.1 Å². The van der Waals surface area contributed by atoms with Gasteiger partial charge in [0.2, 0.25) is 5.91 Å². The summed E-state index contributed by atoms with van der Waals surface area (Å²) in [6, 6.07) is 8.41. The van der Waals surface area contributed by atoms with Crippen LogP contribution >= 0.6 is 0 Å². The van der Waals surface area contributed by atoms with Gasteiger partial charge in [0.1, 0.15) is 11.9 Å². The number of piperidine rings is 1. The number of ether oxygens (including phenoxy) is 3. The van der Waals surface area contributed by atoms with E-state index in [0.717, 1.165) is 11.1 Å². The number of rotatable bonds is 7. The largest absolute Gasteiger partial charge is 0.573 e. The molecule has 1 spiro atoms. The Balaban J connectivity index is 1.34. The lowest BCUT2D eigenvalue weighted by atomic mass is 9.48. The number of amides is 1. The average molecular weight is 599 g/mol. The zero-order valence-electron chi connectivity index (χ0n) is 23.9. The molecule has 2 aromatic carbocycles. The van der Waals surface area contributed by atoms with E-state index in [-0.39, 0.29) is 23.4 Å². The normalized spacial score (nSPS) is 29.0. The monoisotopic (exact) mass is 598 g/mol. The molecule has 1 amide bonds. The van der Waals surface area contributed by atoms with Crippen LogP contribution in [-0.2, 0) is 21.4 Å². The number of likely N-dealkylation sites (tertiary alicyclic amines) is 1. The molecule has 228 valence electrons. The van der Waals surface area contributed by atoms with E-state index in [1.165, 1.54) is 37.3 Å². The first kappa shape index (κ1) is 29.3. The highest BCUT2D eigenvalue weighted by Crippen LogP contribution is 2.66. The first-order chi connectivity index (χ1) is 20.4. The van der Waals surface area contributed by atoms with E-state index in [2.05, 4.69) is 16.2 Å². The van der Waals surface area contributed by atoms with Crippen LogP contribution in [0.25, 0.3) is 6.08 Å². The van der Waals surface area contributed by atoms with Crippen LogP contribution in [0.5, 0.6) is 17.2 Å². The first-order valence-corrected chi connectivity index (χ1v) is 14.3. The maximum Gasteiger partial charge on any atom is 0.573 e. The number of likely N-dealkylation sites (N-methyl/N-ethyl adjacent to an activating group) is 1. The standard InChI is InChI=1S/C32H33F3N2O6/c1-4-15-37-16-14-30-27-21-9-10-24(41-19(2)38)28(27)42-29(30)23(12-13-31(30,40)25(37)18-21)36(3)26(39)11-8-20-6-5-7-22(17-20)43-32(33,34)35/h4-11,17,23,25,29,40H,1,12-16,18H2,2-3H3/t23-,25+,29-,30-,31+/m0/s1. The maximum atomic E-state index is 13.5. The first-order valence-electron chi connectivity index (χ1n) is 14.3. The lowest BCUT2D eigenvalue weighted by molar-refractivity contribution is -0.274. The van der Waals surface area contributed by atoms with Crippen molar-refractivity contribution < 1.29 is 42.1 Å². The van der Waals surface area contributed by atoms with E-state index in [1.807, 2.05) is 12.1 Å². The third kappa shape index (κ3) is 4.69. The molecule has 2 bridgehead atoms. The fraction of sp³-hybridized carbons (Fsp3) is 0.438. The van der Waals surface area contributed by atoms with Gasteiger partial charge in [-0.1, -0.05) is 24.3 Å². The van der Waals surface area contributed by atoms with Crippen molar-refractivity contribution >= 4 is 18.0 Å². The summed E-state index contributed by atoms with van der Waals surface area (Å²) in [6.07, 6.45) is 1.19. The highest BCUT2D eigenvalue weighted by molar-refractivity contribution is 5.92. The number of alkyl halides is 3. The SMILES string of the molecule is C=CCN1CC[C@]23c4c5ccc(OC(C)=O)c4O[C@H]2[C@@H](N(C)C(=O)C=Cc2cccc(OC(F)(F)F)c2)CC[C@@]3(O)[C@H]1C5. The van der Waals surface area contributed by atoms with Crippen LogP contribution in [0.1, 0.15) is 42.9 Å². The van der Waals surface area contributed by atoms with Gasteiger partial charge < -0.3 is 24.2 Å². The van der Waals surface area contributed by atoms with Gasteiger partial charge in [-0.25, -0.2) is 0 Å². The van der Waals surface area contributed by atoms with Crippen molar-refractivity contribution in [1.29, 1.82) is 0 Å². The van der Waals surface area contributed by atoms with Gasteiger partial charge in [-0.2, -0.15) is 0 Å². The summed E-state index contributed by atoms with van der Waals surface area (Å²) in [5.74, 6) is -0.511. The van der Waals surface area contributed by atoms with Gasteiger partial charge in [0, 0.05) is 38.2 Å². The molecule has 11 heteroatoms. The number of halogens is 3. The summed E-state index contributed by atoms with van der Waals surface area (Å²) in [4.78, 5) is 29.3.